The van der Waals surface area contributed by atoms with Crippen molar-refractivity contribution < 1.29 is 18.1 Å². The number of hydrogen-bond donors (Lipinski definition) is 1. The summed E-state index contributed by atoms with van der Waals surface area (Å²) in [6.07, 6.45) is 0. The fourth-order valence-electron chi connectivity index (χ4n) is 2.38. The Morgan fingerprint density at radius 1 is 1.16 bits per heavy atom. The fraction of sp³-hybridized carbons (Fsp3) is 0.188. The van der Waals surface area contributed by atoms with Crippen molar-refractivity contribution in [1.82, 2.24) is 9.62 Å². The lowest BCUT2D eigenvalue weighted by molar-refractivity contribution is -0.384. The zero-order valence-electron chi connectivity index (χ0n) is 13.0. The monoisotopic (exact) mass is 361 g/mol. The Kier molecular flexibility index (Phi) is 4.51. The van der Waals surface area contributed by atoms with E-state index in [4.69, 9.17) is 0 Å². The van der Waals surface area contributed by atoms with Crippen molar-refractivity contribution in [3.63, 3.8) is 0 Å². The molecule has 1 aliphatic rings. The first-order chi connectivity index (χ1) is 11.9. The van der Waals surface area contributed by atoms with Crippen molar-refractivity contribution in [2.75, 3.05) is 6.54 Å². The van der Waals surface area contributed by atoms with Crippen LogP contribution in [0.5, 0.6) is 0 Å². The molecule has 0 radical (unpaired) electrons. The quantitative estimate of drug-likeness (QED) is 0.474. The number of nitro benzene ring substituents is 1. The molecule has 1 aliphatic heterocycles. The molecule has 130 valence electrons. The first kappa shape index (κ1) is 17.1. The first-order valence-corrected chi connectivity index (χ1v) is 8.91. The van der Waals surface area contributed by atoms with Gasteiger partial charge in [0.1, 0.15) is 6.04 Å². The number of hydrogen-bond acceptors (Lipinski definition) is 5. The van der Waals surface area contributed by atoms with Crippen molar-refractivity contribution in [3.05, 3.63) is 70.3 Å². The molecule has 8 nitrogen and oxygen atoms in total. The summed E-state index contributed by atoms with van der Waals surface area (Å²) >= 11 is 0. The van der Waals surface area contributed by atoms with Crippen LogP contribution in [0.4, 0.5) is 5.69 Å². The minimum absolute atomic E-state index is 0.0727. The topological polar surface area (TPSA) is 109 Å². The maximum Gasteiger partial charge on any atom is 0.269 e. The van der Waals surface area contributed by atoms with Crippen LogP contribution in [0.2, 0.25) is 0 Å². The van der Waals surface area contributed by atoms with Gasteiger partial charge in [0.25, 0.3) is 5.69 Å². The lowest BCUT2D eigenvalue weighted by Crippen LogP contribution is -2.31. The van der Waals surface area contributed by atoms with Crippen molar-refractivity contribution in [2.24, 2.45) is 0 Å². The second kappa shape index (κ2) is 6.61. The summed E-state index contributed by atoms with van der Waals surface area (Å²) in [6.45, 7) is 0.418. The number of sulfonamides is 1. The van der Waals surface area contributed by atoms with Gasteiger partial charge < -0.3 is 5.32 Å². The summed E-state index contributed by atoms with van der Waals surface area (Å²) in [7, 11) is -3.84. The highest BCUT2D eigenvalue weighted by Gasteiger charge is 2.49. The van der Waals surface area contributed by atoms with Gasteiger partial charge in [0.15, 0.2) is 0 Å². The third-order valence-corrected chi connectivity index (χ3v) is 5.72. The number of nitro groups is 1. The van der Waals surface area contributed by atoms with E-state index >= 15 is 0 Å². The van der Waals surface area contributed by atoms with E-state index in [0.717, 1.165) is 22.0 Å². The van der Waals surface area contributed by atoms with Gasteiger partial charge in [-0.05, 0) is 17.7 Å². The average molecular weight is 361 g/mol. The molecule has 0 saturated carbocycles. The highest BCUT2D eigenvalue weighted by molar-refractivity contribution is 7.89. The van der Waals surface area contributed by atoms with E-state index in [1.807, 2.05) is 30.3 Å². The Balaban J connectivity index is 1.63. The zero-order valence-corrected chi connectivity index (χ0v) is 13.8. The smallest absolute Gasteiger partial charge is 0.269 e. The van der Waals surface area contributed by atoms with Gasteiger partial charge in [-0.15, -0.1) is 0 Å². The van der Waals surface area contributed by atoms with E-state index in [2.05, 4.69) is 5.32 Å². The van der Waals surface area contributed by atoms with Crippen LogP contribution in [0.3, 0.4) is 0 Å². The Bertz CT molecular complexity index is 897. The zero-order chi connectivity index (χ0) is 18.0. The van der Waals surface area contributed by atoms with Gasteiger partial charge in [-0.1, -0.05) is 30.3 Å². The Morgan fingerprint density at radius 2 is 1.80 bits per heavy atom. The van der Waals surface area contributed by atoms with Crippen molar-refractivity contribution in [3.8, 4) is 0 Å². The van der Waals surface area contributed by atoms with Gasteiger partial charge >= 0.3 is 0 Å². The normalized spacial score (nSPS) is 19.2. The van der Waals surface area contributed by atoms with Gasteiger partial charge in [0.05, 0.1) is 9.82 Å². The summed E-state index contributed by atoms with van der Waals surface area (Å²) in [6, 6.07) is 13.1. The highest BCUT2D eigenvalue weighted by atomic mass is 32.2. The van der Waals surface area contributed by atoms with Crippen LogP contribution < -0.4 is 5.32 Å². The van der Waals surface area contributed by atoms with Crippen molar-refractivity contribution >= 4 is 21.6 Å². The van der Waals surface area contributed by atoms with Gasteiger partial charge in [-0.2, -0.15) is 4.31 Å². The van der Waals surface area contributed by atoms with Gasteiger partial charge in [0.2, 0.25) is 15.9 Å². The molecule has 2 atom stereocenters. The van der Waals surface area contributed by atoms with Crippen LogP contribution >= 0.6 is 0 Å². The van der Waals surface area contributed by atoms with E-state index in [9.17, 15) is 23.3 Å². The molecule has 2 aromatic carbocycles. The number of rotatable bonds is 6. The Morgan fingerprint density at radius 3 is 2.40 bits per heavy atom. The van der Waals surface area contributed by atoms with Crippen LogP contribution in [0.15, 0.2) is 59.5 Å². The van der Waals surface area contributed by atoms with E-state index < -0.39 is 21.0 Å². The first-order valence-electron chi connectivity index (χ1n) is 7.47. The maximum atomic E-state index is 12.4. The molecule has 25 heavy (non-hydrogen) atoms. The molecule has 0 aromatic heterocycles. The molecule has 1 amide bonds. The number of carbonyl (C=O) groups excluding carboxylic acids is 1. The molecule has 1 unspecified atom stereocenters. The predicted molar refractivity (Wildman–Crippen MR) is 89.1 cm³/mol. The third kappa shape index (κ3) is 3.67. The van der Waals surface area contributed by atoms with E-state index in [1.165, 1.54) is 12.1 Å². The van der Waals surface area contributed by atoms with Crippen LogP contribution in [0, 0.1) is 10.1 Å². The summed E-state index contributed by atoms with van der Waals surface area (Å²) in [4.78, 5) is 22.1. The molecule has 2 aromatic rings. The molecular formula is C16H15N3O5S. The average Bonchev–Trinajstić information content (AvgIpc) is 3.42. The SMILES string of the molecule is O=C(NCc1ccccc1)[C@H]1CN1S(=O)(=O)c1ccc([N+](=O)[O-])cc1. The van der Waals surface area contributed by atoms with Gasteiger partial charge in [-0.3, -0.25) is 14.9 Å². The second-order valence-corrected chi connectivity index (χ2v) is 7.44. The number of nitrogens with one attached hydrogen (secondary N) is 1. The molecular weight excluding hydrogens is 346 g/mol. The Labute approximate surface area is 144 Å². The molecule has 9 heteroatoms. The number of nitrogens with zero attached hydrogens (tertiary/aromatic N) is 2. The third-order valence-electron chi connectivity index (χ3n) is 3.83. The maximum absolute atomic E-state index is 12.4. The number of benzene rings is 2. The molecule has 3 rings (SSSR count). The summed E-state index contributed by atoms with van der Waals surface area (Å²) < 4.78 is 25.9. The predicted octanol–water partition coefficient (Wildman–Crippen LogP) is 1.28. The molecule has 0 spiro atoms. The van der Waals surface area contributed by atoms with Crippen molar-refractivity contribution in [2.45, 2.75) is 17.5 Å². The van der Waals surface area contributed by atoms with E-state index in [1.54, 1.807) is 0 Å². The molecule has 0 bridgehead atoms. The van der Waals surface area contributed by atoms with Gasteiger partial charge in [0, 0.05) is 25.2 Å². The van der Waals surface area contributed by atoms with E-state index in [0.29, 0.717) is 6.54 Å². The number of non-ortho nitro benzene ring substituents is 1. The van der Waals surface area contributed by atoms with Crippen LogP contribution in [0.25, 0.3) is 0 Å². The van der Waals surface area contributed by atoms with Crippen LogP contribution in [-0.4, -0.2) is 36.1 Å². The minimum Gasteiger partial charge on any atom is -0.351 e. The largest absolute Gasteiger partial charge is 0.351 e. The highest BCUT2D eigenvalue weighted by Crippen LogP contribution is 2.29. The lowest BCUT2D eigenvalue weighted by atomic mass is 10.2. The summed E-state index contributed by atoms with van der Waals surface area (Å²) in [5.41, 5.74) is 0.725. The van der Waals surface area contributed by atoms with Gasteiger partial charge in [-0.25, -0.2) is 8.42 Å². The van der Waals surface area contributed by atoms with Crippen LogP contribution in [0.1, 0.15) is 5.56 Å². The molecule has 1 saturated heterocycles. The van der Waals surface area contributed by atoms with Crippen LogP contribution in [-0.2, 0) is 21.4 Å². The standard InChI is InChI=1S/C16H15N3O5S/c20-16(17-10-12-4-2-1-3-5-12)15-11-18(15)25(23,24)14-8-6-13(7-9-14)19(21)22/h1-9,15H,10-11H2,(H,17,20)/t15-,18?/m1/s1. The summed E-state index contributed by atoms with van der Waals surface area (Å²) in [5, 5.41) is 13.3. The minimum atomic E-state index is -3.84. The van der Waals surface area contributed by atoms with E-state index in [-0.39, 0.29) is 23.0 Å². The number of carbonyl (C=O) groups is 1. The number of amides is 1. The molecule has 1 N–H and O–H groups in total. The second-order valence-electron chi connectivity index (χ2n) is 5.54. The summed E-state index contributed by atoms with van der Waals surface area (Å²) in [5.74, 6) is -0.366. The van der Waals surface area contributed by atoms with Crippen molar-refractivity contribution in [1.29, 1.82) is 0 Å². The Hall–Kier alpha value is -2.78. The molecule has 1 fully saturated rings. The fourth-order valence-corrected chi connectivity index (χ4v) is 3.90. The molecule has 0 aliphatic carbocycles. The lowest BCUT2D eigenvalue weighted by Gasteiger charge is -2.07. The molecule has 1 heterocycles.